The maximum Gasteiger partial charge on any atom is 0.226 e. The van der Waals surface area contributed by atoms with Gasteiger partial charge in [-0.15, -0.1) is 0 Å². The Bertz CT molecular complexity index is 561. The number of anilines is 1. The zero-order valence-corrected chi connectivity index (χ0v) is 11.8. The van der Waals surface area contributed by atoms with Crippen LogP contribution in [0.3, 0.4) is 0 Å². The highest BCUT2D eigenvalue weighted by molar-refractivity contribution is 5.37. The van der Waals surface area contributed by atoms with Gasteiger partial charge in [-0.1, -0.05) is 6.07 Å². The largest absolute Gasteiger partial charge is 0.439 e. The van der Waals surface area contributed by atoms with Crippen LogP contribution < -0.4 is 10.1 Å². The van der Waals surface area contributed by atoms with Crippen LogP contribution in [0.2, 0.25) is 0 Å². The van der Waals surface area contributed by atoms with Crippen molar-refractivity contribution in [1.82, 2.24) is 9.97 Å². The molecule has 0 fully saturated rings. The molecule has 0 saturated carbocycles. The second kappa shape index (κ2) is 5.69. The standard InChI is InChI=1S/C15H19N3O/c1-5-16-15-17-12(4)9-14(18-15)19-13-7-10(2)6-11(3)8-13/h6-9H,5H2,1-4H3,(H,16,17,18). The highest BCUT2D eigenvalue weighted by atomic mass is 16.5. The second-order valence-corrected chi connectivity index (χ2v) is 4.63. The summed E-state index contributed by atoms with van der Waals surface area (Å²) in [4.78, 5) is 8.63. The first-order valence-corrected chi connectivity index (χ1v) is 6.42. The number of hydrogen-bond acceptors (Lipinski definition) is 4. The summed E-state index contributed by atoms with van der Waals surface area (Å²) in [5, 5.41) is 3.10. The first-order chi connectivity index (χ1) is 9.06. The third-order valence-corrected chi connectivity index (χ3v) is 2.58. The summed E-state index contributed by atoms with van der Waals surface area (Å²) in [6.45, 7) is 8.82. The topological polar surface area (TPSA) is 47.0 Å². The Hall–Kier alpha value is -2.10. The number of aryl methyl sites for hydroxylation is 3. The number of nitrogens with one attached hydrogen (secondary N) is 1. The first kappa shape index (κ1) is 13.3. The predicted molar refractivity (Wildman–Crippen MR) is 76.9 cm³/mol. The predicted octanol–water partition coefficient (Wildman–Crippen LogP) is 3.63. The lowest BCUT2D eigenvalue weighted by Gasteiger charge is -2.09. The molecule has 0 aliphatic carbocycles. The zero-order chi connectivity index (χ0) is 13.8. The van der Waals surface area contributed by atoms with Crippen molar-refractivity contribution in [3.05, 3.63) is 41.1 Å². The zero-order valence-electron chi connectivity index (χ0n) is 11.8. The van der Waals surface area contributed by atoms with Crippen molar-refractivity contribution >= 4 is 5.95 Å². The maximum atomic E-state index is 5.82. The minimum atomic E-state index is 0.563. The van der Waals surface area contributed by atoms with Gasteiger partial charge in [-0.3, -0.25) is 0 Å². The molecule has 4 heteroatoms. The van der Waals surface area contributed by atoms with E-state index in [9.17, 15) is 0 Å². The monoisotopic (exact) mass is 257 g/mol. The van der Waals surface area contributed by atoms with Crippen molar-refractivity contribution < 1.29 is 4.74 Å². The summed E-state index contributed by atoms with van der Waals surface area (Å²) in [5.41, 5.74) is 3.23. The van der Waals surface area contributed by atoms with E-state index in [1.165, 1.54) is 11.1 Å². The van der Waals surface area contributed by atoms with Gasteiger partial charge in [0.25, 0.3) is 0 Å². The van der Waals surface area contributed by atoms with Gasteiger partial charge in [0.05, 0.1) is 0 Å². The summed E-state index contributed by atoms with van der Waals surface area (Å²) in [6.07, 6.45) is 0. The van der Waals surface area contributed by atoms with Crippen LogP contribution in [0, 0.1) is 20.8 Å². The molecule has 0 aliphatic rings. The quantitative estimate of drug-likeness (QED) is 0.908. The average molecular weight is 257 g/mol. The SMILES string of the molecule is CCNc1nc(C)cc(Oc2cc(C)cc(C)c2)n1. The van der Waals surface area contributed by atoms with E-state index >= 15 is 0 Å². The smallest absolute Gasteiger partial charge is 0.226 e. The molecular weight excluding hydrogens is 238 g/mol. The number of hydrogen-bond donors (Lipinski definition) is 1. The molecule has 0 aliphatic heterocycles. The summed E-state index contributed by atoms with van der Waals surface area (Å²) in [6, 6.07) is 7.94. The molecule has 0 amide bonds. The van der Waals surface area contributed by atoms with Crippen molar-refractivity contribution in [1.29, 1.82) is 0 Å². The number of ether oxygens (including phenoxy) is 1. The van der Waals surface area contributed by atoms with Crippen molar-refractivity contribution in [3.8, 4) is 11.6 Å². The van der Waals surface area contributed by atoms with E-state index < -0.39 is 0 Å². The Balaban J connectivity index is 2.27. The van der Waals surface area contributed by atoms with Crippen molar-refractivity contribution in [3.63, 3.8) is 0 Å². The van der Waals surface area contributed by atoms with Crippen LogP contribution in [0.1, 0.15) is 23.7 Å². The second-order valence-electron chi connectivity index (χ2n) is 4.63. The van der Waals surface area contributed by atoms with Gasteiger partial charge >= 0.3 is 0 Å². The van der Waals surface area contributed by atoms with Crippen LogP contribution in [0.4, 0.5) is 5.95 Å². The van der Waals surface area contributed by atoms with E-state index in [1.54, 1.807) is 0 Å². The van der Waals surface area contributed by atoms with Crippen molar-refractivity contribution in [2.45, 2.75) is 27.7 Å². The van der Waals surface area contributed by atoms with Crippen LogP contribution in [-0.4, -0.2) is 16.5 Å². The Labute approximate surface area is 113 Å². The average Bonchev–Trinajstić information content (AvgIpc) is 2.26. The molecule has 19 heavy (non-hydrogen) atoms. The van der Waals surface area contributed by atoms with E-state index in [2.05, 4.69) is 35.2 Å². The summed E-state index contributed by atoms with van der Waals surface area (Å²) in [5.74, 6) is 1.97. The highest BCUT2D eigenvalue weighted by Crippen LogP contribution is 2.23. The fraction of sp³-hybridized carbons (Fsp3) is 0.333. The molecular formula is C15H19N3O. The normalized spacial score (nSPS) is 10.3. The van der Waals surface area contributed by atoms with Gasteiger partial charge in [0, 0.05) is 18.3 Å². The highest BCUT2D eigenvalue weighted by Gasteiger charge is 2.04. The van der Waals surface area contributed by atoms with E-state index in [0.717, 1.165) is 18.0 Å². The van der Waals surface area contributed by atoms with E-state index in [0.29, 0.717) is 11.8 Å². The summed E-state index contributed by atoms with van der Waals surface area (Å²) in [7, 11) is 0. The molecule has 4 nitrogen and oxygen atoms in total. The molecule has 100 valence electrons. The molecule has 1 aromatic carbocycles. The van der Waals surface area contributed by atoms with Gasteiger partial charge in [-0.2, -0.15) is 4.98 Å². The summed E-state index contributed by atoms with van der Waals surface area (Å²) < 4.78 is 5.82. The Morgan fingerprint density at radius 3 is 2.32 bits per heavy atom. The molecule has 2 aromatic rings. The van der Waals surface area contributed by atoms with Gasteiger partial charge in [0.2, 0.25) is 11.8 Å². The van der Waals surface area contributed by atoms with Gasteiger partial charge in [0.1, 0.15) is 5.75 Å². The molecule has 1 aromatic heterocycles. The fourth-order valence-corrected chi connectivity index (χ4v) is 1.94. The van der Waals surface area contributed by atoms with E-state index in [1.807, 2.05) is 32.0 Å². The van der Waals surface area contributed by atoms with Gasteiger partial charge in [-0.05, 0) is 51.0 Å². The van der Waals surface area contributed by atoms with Crippen LogP contribution in [0.15, 0.2) is 24.3 Å². The van der Waals surface area contributed by atoms with Crippen LogP contribution in [0.25, 0.3) is 0 Å². The maximum absolute atomic E-state index is 5.82. The van der Waals surface area contributed by atoms with Crippen LogP contribution in [-0.2, 0) is 0 Å². The lowest BCUT2D eigenvalue weighted by Crippen LogP contribution is -2.04. The van der Waals surface area contributed by atoms with Crippen LogP contribution in [0.5, 0.6) is 11.6 Å². The lowest BCUT2D eigenvalue weighted by atomic mass is 10.1. The first-order valence-electron chi connectivity index (χ1n) is 6.42. The minimum Gasteiger partial charge on any atom is -0.439 e. The number of rotatable bonds is 4. The van der Waals surface area contributed by atoms with Crippen LogP contribution >= 0.6 is 0 Å². The minimum absolute atomic E-state index is 0.563. The molecule has 0 spiro atoms. The Morgan fingerprint density at radius 1 is 1.00 bits per heavy atom. The number of aromatic nitrogens is 2. The lowest BCUT2D eigenvalue weighted by molar-refractivity contribution is 0.461. The molecule has 1 N–H and O–H groups in total. The molecule has 0 unspecified atom stereocenters. The third-order valence-electron chi connectivity index (χ3n) is 2.58. The molecule has 0 bridgehead atoms. The molecule has 2 rings (SSSR count). The van der Waals surface area contributed by atoms with Gasteiger partial charge in [0.15, 0.2) is 0 Å². The molecule has 0 atom stereocenters. The number of nitrogens with zero attached hydrogens (tertiary/aromatic N) is 2. The molecule has 0 saturated heterocycles. The van der Waals surface area contributed by atoms with Crippen molar-refractivity contribution in [2.24, 2.45) is 0 Å². The fourth-order valence-electron chi connectivity index (χ4n) is 1.94. The van der Waals surface area contributed by atoms with E-state index in [-0.39, 0.29) is 0 Å². The Kier molecular flexibility index (Phi) is 4.00. The van der Waals surface area contributed by atoms with Gasteiger partial charge < -0.3 is 10.1 Å². The summed E-state index contributed by atoms with van der Waals surface area (Å²) >= 11 is 0. The molecule has 1 heterocycles. The van der Waals surface area contributed by atoms with Gasteiger partial charge in [-0.25, -0.2) is 4.98 Å². The molecule has 0 radical (unpaired) electrons. The number of benzene rings is 1. The Morgan fingerprint density at radius 2 is 1.68 bits per heavy atom. The van der Waals surface area contributed by atoms with E-state index in [4.69, 9.17) is 4.74 Å². The van der Waals surface area contributed by atoms with Crippen molar-refractivity contribution in [2.75, 3.05) is 11.9 Å². The third kappa shape index (κ3) is 3.68.